The van der Waals surface area contributed by atoms with Gasteiger partial charge in [0.15, 0.2) is 0 Å². The normalized spacial score (nSPS) is 11.4. The van der Waals surface area contributed by atoms with Crippen LogP contribution in [0.15, 0.2) is 42.7 Å². The number of alkyl halides is 2. The summed E-state index contributed by atoms with van der Waals surface area (Å²) in [6.45, 7) is 0.669. The molecule has 19 heavy (non-hydrogen) atoms. The van der Waals surface area contributed by atoms with Gasteiger partial charge in [-0.3, -0.25) is 4.90 Å². The molecule has 0 N–H and O–H groups in total. The van der Waals surface area contributed by atoms with E-state index in [1.165, 1.54) is 0 Å². The van der Waals surface area contributed by atoms with Crippen molar-refractivity contribution in [1.82, 2.24) is 14.5 Å². The highest BCUT2D eigenvalue weighted by Gasteiger charge is 2.14. The van der Waals surface area contributed by atoms with Crippen molar-refractivity contribution < 1.29 is 8.78 Å². The molecular formula is C14H17F2N3. The second kappa shape index (κ2) is 6.43. The molecule has 102 valence electrons. The molecule has 0 saturated carbocycles. The summed E-state index contributed by atoms with van der Waals surface area (Å²) in [7, 11) is 1.87. The summed E-state index contributed by atoms with van der Waals surface area (Å²) in [6, 6.07) is 9.63. The van der Waals surface area contributed by atoms with Crippen LogP contribution in [0.4, 0.5) is 8.78 Å². The van der Waals surface area contributed by atoms with Gasteiger partial charge in [-0.1, -0.05) is 30.3 Å². The smallest absolute Gasteiger partial charge is 0.251 e. The highest BCUT2D eigenvalue weighted by molar-refractivity contribution is 5.14. The van der Waals surface area contributed by atoms with E-state index in [4.69, 9.17) is 0 Å². The van der Waals surface area contributed by atoms with Gasteiger partial charge in [-0.25, -0.2) is 13.8 Å². The summed E-state index contributed by atoms with van der Waals surface area (Å²) < 4.78 is 27.1. The van der Waals surface area contributed by atoms with E-state index in [-0.39, 0.29) is 6.54 Å². The summed E-state index contributed by atoms with van der Waals surface area (Å²) in [5.74, 6) is 0.789. The molecule has 0 spiro atoms. The van der Waals surface area contributed by atoms with E-state index >= 15 is 0 Å². The molecule has 0 aliphatic carbocycles. The van der Waals surface area contributed by atoms with Crippen LogP contribution in [0.2, 0.25) is 0 Å². The number of halogens is 2. The van der Waals surface area contributed by atoms with Crippen molar-refractivity contribution >= 4 is 0 Å². The van der Waals surface area contributed by atoms with Crippen LogP contribution in [0.1, 0.15) is 11.4 Å². The van der Waals surface area contributed by atoms with Gasteiger partial charge in [-0.15, -0.1) is 0 Å². The zero-order valence-electron chi connectivity index (χ0n) is 10.8. The zero-order chi connectivity index (χ0) is 13.7. The Bertz CT molecular complexity index is 496. The molecule has 0 saturated heterocycles. The SMILES string of the molecule is Cn1ccnc1CN(Cc1ccccc1)CC(F)F. The second-order valence-electron chi connectivity index (χ2n) is 4.50. The van der Waals surface area contributed by atoms with E-state index in [1.807, 2.05) is 48.1 Å². The molecule has 2 rings (SSSR count). The molecule has 5 heteroatoms. The van der Waals surface area contributed by atoms with E-state index in [2.05, 4.69) is 4.98 Å². The van der Waals surface area contributed by atoms with Crippen LogP contribution in [-0.4, -0.2) is 27.4 Å². The number of benzene rings is 1. The average Bonchev–Trinajstić information content (AvgIpc) is 2.75. The second-order valence-corrected chi connectivity index (χ2v) is 4.50. The lowest BCUT2D eigenvalue weighted by Gasteiger charge is -2.21. The predicted octanol–water partition coefficient (Wildman–Crippen LogP) is 2.69. The fraction of sp³-hybridized carbons (Fsp3) is 0.357. The number of rotatable bonds is 6. The van der Waals surface area contributed by atoms with Gasteiger partial charge in [0.05, 0.1) is 13.1 Å². The van der Waals surface area contributed by atoms with Gasteiger partial charge >= 0.3 is 0 Å². The molecule has 1 heterocycles. The minimum absolute atomic E-state index is 0.248. The Kier molecular flexibility index (Phi) is 4.63. The van der Waals surface area contributed by atoms with E-state index in [0.29, 0.717) is 13.1 Å². The lowest BCUT2D eigenvalue weighted by Crippen LogP contribution is -2.29. The molecule has 0 aliphatic rings. The van der Waals surface area contributed by atoms with Gasteiger partial charge < -0.3 is 4.57 Å². The van der Waals surface area contributed by atoms with Crippen LogP contribution in [0.25, 0.3) is 0 Å². The fourth-order valence-corrected chi connectivity index (χ4v) is 1.97. The van der Waals surface area contributed by atoms with Crippen LogP contribution in [-0.2, 0) is 20.1 Å². The third-order valence-electron chi connectivity index (χ3n) is 2.93. The highest BCUT2D eigenvalue weighted by atomic mass is 19.3. The number of hydrogen-bond donors (Lipinski definition) is 0. The van der Waals surface area contributed by atoms with Crippen LogP contribution in [0.3, 0.4) is 0 Å². The lowest BCUT2D eigenvalue weighted by atomic mass is 10.2. The molecule has 2 aromatic rings. The van der Waals surface area contributed by atoms with Crippen molar-refractivity contribution in [2.45, 2.75) is 19.5 Å². The molecule has 0 amide bonds. The van der Waals surface area contributed by atoms with Crippen molar-refractivity contribution in [3.8, 4) is 0 Å². The summed E-state index contributed by atoms with van der Waals surface area (Å²) in [6.07, 6.45) is 1.15. The lowest BCUT2D eigenvalue weighted by molar-refractivity contribution is 0.0792. The molecule has 0 unspecified atom stereocenters. The summed E-state index contributed by atoms with van der Waals surface area (Å²) >= 11 is 0. The van der Waals surface area contributed by atoms with Crippen LogP contribution in [0.5, 0.6) is 0 Å². The Morgan fingerprint density at radius 3 is 2.53 bits per heavy atom. The molecule has 1 aromatic heterocycles. The maximum absolute atomic E-state index is 12.6. The van der Waals surface area contributed by atoms with E-state index in [0.717, 1.165) is 11.4 Å². The Hall–Kier alpha value is -1.75. The molecule has 0 bridgehead atoms. The minimum Gasteiger partial charge on any atom is -0.337 e. The maximum Gasteiger partial charge on any atom is 0.251 e. The molecule has 3 nitrogen and oxygen atoms in total. The Labute approximate surface area is 111 Å². The topological polar surface area (TPSA) is 21.1 Å². The van der Waals surface area contributed by atoms with Crippen molar-refractivity contribution in [3.05, 3.63) is 54.1 Å². The monoisotopic (exact) mass is 265 g/mol. The van der Waals surface area contributed by atoms with Crippen LogP contribution >= 0.6 is 0 Å². The number of imidazole rings is 1. The first-order chi connectivity index (χ1) is 9.15. The standard InChI is InChI=1S/C14H17F2N3/c1-18-8-7-17-14(18)11-19(10-13(15)16)9-12-5-3-2-4-6-12/h2-8,13H,9-11H2,1H3. The first-order valence-electron chi connectivity index (χ1n) is 6.16. The van der Waals surface area contributed by atoms with Gasteiger partial charge in [-0.2, -0.15) is 0 Å². The largest absolute Gasteiger partial charge is 0.337 e. The summed E-state index contributed by atoms with van der Waals surface area (Å²) in [4.78, 5) is 5.89. The summed E-state index contributed by atoms with van der Waals surface area (Å²) in [5.41, 5.74) is 1.03. The van der Waals surface area contributed by atoms with E-state index < -0.39 is 6.43 Å². The van der Waals surface area contributed by atoms with Crippen LogP contribution < -0.4 is 0 Å². The van der Waals surface area contributed by atoms with Crippen molar-refractivity contribution in [1.29, 1.82) is 0 Å². The molecule has 0 atom stereocenters. The van der Waals surface area contributed by atoms with Crippen molar-refractivity contribution in [3.63, 3.8) is 0 Å². The summed E-state index contributed by atoms with van der Waals surface area (Å²) in [5, 5.41) is 0. The highest BCUT2D eigenvalue weighted by Crippen LogP contribution is 2.10. The third-order valence-corrected chi connectivity index (χ3v) is 2.93. The van der Waals surface area contributed by atoms with Crippen LogP contribution in [0, 0.1) is 0 Å². The van der Waals surface area contributed by atoms with Crippen molar-refractivity contribution in [2.24, 2.45) is 7.05 Å². The average molecular weight is 265 g/mol. The first-order valence-corrected chi connectivity index (χ1v) is 6.16. The number of aromatic nitrogens is 2. The van der Waals surface area contributed by atoms with Gasteiger partial charge in [0.25, 0.3) is 6.43 Å². The zero-order valence-corrected chi connectivity index (χ0v) is 10.8. The predicted molar refractivity (Wildman–Crippen MR) is 69.8 cm³/mol. The third kappa shape index (κ3) is 4.13. The Morgan fingerprint density at radius 2 is 1.95 bits per heavy atom. The molecule has 0 fully saturated rings. The van der Waals surface area contributed by atoms with Gasteiger partial charge in [0.1, 0.15) is 5.82 Å². The van der Waals surface area contributed by atoms with E-state index in [9.17, 15) is 8.78 Å². The molecule has 1 aromatic carbocycles. The number of nitrogens with zero attached hydrogens (tertiary/aromatic N) is 3. The van der Waals surface area contributed by atoms with Gasteiger partial charge in [-0.05, 0) is 5.56 Å². The molecule has 0 aliphatic heterocycles. The van der Waals surface area contributed by atoms with Crippen molar-refractivity contribution in [2.75, 3.05) is 6.54 Å². The maximum atomic E-state index is 12.6. The Balaban J connectivity index is 2.06. The minimum atomic E-state index is -2.34. The molecular weight excluding hydrogens is 248 g/mol. The number of hydrogen-bond acceptors (Lipinski definition) is 2. The fourth-order valence-electron chi connectivity index (χ4n) is 1.97. The van der Waals surface area contributed by atoms with E-state index in [1.54, 1.807) is 11.1 Å². The quantitative estimate of drug-likeness (QED) is 0.800. The first kappa shape index (κ1) is 13.7. The molecule has 0 radical (unpaired) electrons. The van der Waals surface area contributed by atoms with Gasteiger partial charge in [0.2, 0.25) is 0 Å². The van der Waals surface area contributed by atoms with Gasteiger partial charge in [0, 0.05) is 26.0 Å². The Morgan fingerprint density at radius 1 is 1.21 bits per heavy atom. The number of aryl methyl sites for hydroxylation is 1.